The number of aromatic hydroxyl groups is 1. The van der Waals surface area contributed by atoms with E-state index in [0.29, 0.717) is 12.2 Å². The van der Waals surface area contributed by atoms with E-state index in [1.807, 2.05) is 0 Å². The fraction of sp³-hybridized carbons (Fsp3) is 0.565. The van der Waals surface area contributed by atoms with Crippen molar-refractivity contribution >= 4 is 16.7 Å². The van der Waals surface area contributed by atoms with E-state index in [0.717, 1.165) is 0 Å². The number of hydrogen-bond acceptors (Lipinski definition) is 11. The first-order valence-electron chi connectivity index (χ1n) is 10.8. The molecule has 3 N–H and O–H groups in total. The standard InChI is InChI=1S/C23H31NO10/c1-7-31-10-13(24-30-6)15-16(25)12-8-9-14(11(2)19(12)33-21(15)28)32-22-18(27)17(26)20(29-5)23(3,4)34-22/h8-9,17-18,20,22,25-27H,7,10H2,1-6H3/t17-,18+,20+,22+/m0/s1. The molecule has 1 aromatic carbocycles. The van der Waals surface area contributed by atoms with E-state index >= 15 is 0 Å². The molecule has 34 heavy (non-hydrogen) atoms. The van der Waals surface area contributed by atoms with Crippen molar-refractivity contribution in [3.8, 4) is 11.5 Å². The number of hydrogen-bond donors (Lipinski definition) is 3. The summed E-state index contributed by atoms with van der Waals surface area (Å²) in [5.41, 5.74) is -1.43. The molecule has 2 aromatic rings. The van der Waals surface area contributed by atoms with Gasteiger partial charge < -0.3 is 43.5 Å². The number of nitrogens with zero attached hydrogens (tertiary/aromatic N) is 1. The van der Waals surface area contributed by atoms with Crippen LogP contribution in [0.3, 0.4) is 0 Å². The van der Waals surface area contributed by atoms with Crippen molar-refractivity contribution in [2.75, 3.05) is 27.4 Å². The van der Waals surface area contributed by atoms with Crippen LogP contribution in [0.25, 0.3) is 11.0 Å². The molecular formula is C23H31NO10. The second kappa shape index (κ2) is 10.3. The molecule has 4 atom stereocenters. The first-order valence-corrected chi connectivity index (χ1v) is 10.8. The zero-order valence-electron chi connectivity index (χ0n) is 20.0. The number of aliphatic hydroxyl groups is 2. The van der Waals surface area contributed by atoms with Gasteiger partial charge in [0.25, 0.3) is 0 Å². The van der Waals surface area contributed by atoms with Gasteiger partial charge in [0.15, 0.2) is 0 Å². The molecular weight excluding hydrogens is 450 g/mol. The van der Waals surface area contributed by atoms with Crippen molar-refractivity contribution in [1.82, 2.24) is 0 Å². The lowest BCUT2D eigenvalue weighted by Crippen LogP contribution is -2.63. The first-order chi connectivity index (χ1) is 16.1. The molecule has 0 aliphatic carbocycles. The molecule has 0 bridgehead atoms. The summed E-state index contributed by atoms with van der Waals surface area (Å²) >= 11 is 0. The third kappa shape index (κ3) is 4.75. The summed E-state index contributed by atoms with van der Waals surface area (Å²) in [5, 5.41) is 35.9. The highest BCUT2D eigenvalue weighted by Gasteiger charge is 2.50. The Kier molecular flexibility index (Phi) is 7.84. The molecule has 0 saturated carbocycles. The molecule has 3 rings (SSSR count). The zero-order chi connectivity index (χ0) is 25.2. The third-order valence-electron chi connectivity index (χ3n) is 5.72. The fourth-order valence-electron chi connectivity index (χ4n) is 4.03. The molecule has 188 valence electrons. The van der Waals surface area contributed by atoms with Crippen LogP contribution in [-0.2, 0) is 19.0 Å². The van der Waals surface area contributed by atoms with Crippen molar-refractivity contribution in [2.24, 2.45) is 5.16 Å². The second-order valence-corrected chi connectivity index (χ2v) is 8.38. The molecule has 0 spiro atoms. The maximum atomic E-state index is 12.8. The SMILES string of the molecule is CCOCC(=NOC)c1c(O)c2ccc(O[C@@H]3OC(C)(C)[C@H](OC)[C@@H](O)[C@H]3O)c(C)c2oc1=O. The molecule has 0 unspecified atom stereocenters. The fourth-order valence-corrected chi connectivity index (χ4v) is 4.03. The van der Waals surface area contributed by atoms with Crippen molar-refractivity contribution < 1.29 is 43.5 Å². The van der Waals surface area contributed by atoms with Gasteiger partial charge in [0.05, 0.1) is 17.6 Å². The van der Waals surface area contributed by atoms with Crippen molar-refractivity contribution in [2.45, 2.75) is 57.9 Å². The molecule has 1 aliphatic rings. The van der Waals surface area contributed by atoms with Crippen LogP contribution >= 0.6 is 0 Å². The lowest BCUT2D eigenvalue weighted by molar-refractivity contribution is -0.306. The van der Waals surface area contributed by atoms with Crippen LogP contribution in [0, 0.1) is 6.92 Å². The average molecular weight is 481 g/mol. The topological polar surface area (TPSA) is 149 Å². The van der Waals surface area contributed by atoms with Crippen LogP contribution < -0.4 is 10.4 Å². The van der Waals surface area contributed by atoms with Crippen LogP contribution in [0.1, 0.15) is 31.9 Å². The molecule has 1 saturated heterocycles. The van der Waals surface area contributed by atoms with Gasteiger partial charge in [0.2, 0.25) is 6.29 Å². The van der Waals surface area contributed by atoms with Crippen molar-refractivity contribution in [1.29, 1.82) is 0 Å². The highest BCUT2D eigenvalue weighted by atomic mass is 16.7. The molecule has 1 aliphatic heterocycles. The maximum Gasteiger partial charge on any atom is 0.349 e. The summed E-state index contributed by atoms with van der Waals surface area (Å²) < 4.78 is 27.8. The monoisotopic (exact) mass is 481 g/mol. The molecule has 1 aromatic heterocycles. The number of ether oxygens (including phenoxy) is 4. The average Bonchev–Trinajstić information content (AvgIpc) is 2.77. The molecule has 1 fully saturated rings. The van der Waals surface area contributed by atoms with E-state index in [9.17, 15) is 20.1 Å². The Hall–Kier alpha value is -2.70. The Morgan fingerprint density at radius 1 is 1.21 bits per heavy atom. The minimum atomic E-state index is -1.40. The van der Waals surface area contributed by atoms with Gasteiger partial charge in [-0.15, -0.1) is 0 Å². The Bertz CT molecular complexity index is 1110. The number of rotatable bonds is 8. The van der Waals surface area contributed by atoms with Gasteiger partial charge in [0, 0.05) is 19.3 Å². The maximum absolute atomic E-state index is 12.8. The van der Waals surface area contributed by atoms with Crippen molar-refractivity contribution in [3.05, 3.63) is 33.7 Å². The highest BCUT2D eigenvalue weighted by molar-refractivity contribution is 6.06. The van der Waals surface area contributed by atoms with Gasteiger partial charge in [-0.1, -0.05) is 5.16 Å². The largest absolute Gasteiger partial charge is 0.506 e. The number of benzene rings is 1. The lowest BCUT2D eigenvalue weighted by Gasteiger charge is -2.46. The Morgan fingerprint density at radius 2 is 1.91 bits per heavy atom. The summed E-state index contributed by atoms with van der Waals surface area (Å²) in [4.78, 5) is 17.6. The normalized spacial score (nSPS) is 24.9. The quantitative estimate of drug-likeness (QED) is 0.287. The molecule has 0 radical (unpaired) electrons. The van der Waals surface area contributed by atoms with Crippen LogP contribution in [-0.4, -0.2) is 78.7 Å². The minimum absolute atomic E-state index is 0.0637. The lowest BCUT2D eigenvalue weighted by atomic mass is 9.89. The number of aliphatic hydroxyl groups excluding tert-OH is 2. The van der Waals surface area contributed by atoms with Crippen LogP contribution in [0.4, 0.5) is 0 Å². The molecule has 11 heteroatoms. The number of oxime groups is 1. The number of fused-ring (bicyclic) bond motifs is 1. The predicted molar refractivity (Wildman–Crippen MR) is 121 cm³/mol. The van der Waals surface area contributed by atoms with Gasteiger partial charge >= 0.3 is 5.63 Å². The van der Waals surface area contributed by atoms with Gasteiger partial charge in [-0.25, -0.2) is 4.79 Å². The summed E-state index contributed by atoms with van der Waals surface area (Å²) in [7, 11) is 2.73. The van der Waals surface area contributed by atoms with Crippen LogP contribution in [0.2, 0.25) is 0 Å². The summed E-state index contributed by atoms with van der Waals surface area (Å²) in [6, 6.07) is 3.04. The molecule has 11 nitrogen and oxygen atoms in total. The molecule has 2 heterocycles. The number of methoxy groups -OCH3 is 1. The van der Waals surface area contributed by atoms with E-state index in [2.05, 4.69) is 5.16 Å². The zero-order valence-corrected chi connectivity index (χ0v) is 20.0. The Labute approximate surface area is 196 Å². The second-order valence-electron chi connectivity index (χ2n) is 8.38. The predicted octanol–water partition coefficient (Wildman–Crippen LogP) is 1.44. The number of aryl methyl sites for hydroxylation is 1. The smallest absolute Gasteiger partial charge is 0.349 e. The summed E-state index contributed by atoms with van der Waals surface area (Å²) in [5.74, 6) is -0.115. The Morgan fingerprint density at radius 3 is 2.53 bits per heavy atom. The van der Waals surface area contributed by atoms with Gasteiger partial charge in [-0.05, 0) is 39.8 Å². The Balaban J connectivity index is 2.01. The molecule has 0 amide bonds. The van der Waals surface area contributed by atoms with Gasteiger partial charge in [0.1, 0.15) is 53.8 Å². The van der Waals surface area contributed by atoms with Gasteiger partial charge in [-0.3, -0.25) is 0 Å². The van der Waals surface area contributed by atoms with E-state index in [1.165, 1.54) is 26.4 Å². The minimum Gasteiger partial charge on any atom is -0.506 e. The third-order valence-corrected chi connectivity index (χ3v) is 5.72. The highest BCUT2D eigenvalue weighted by Crippen LogP contribution is 2.37. The first kappa shape index (κ1) is 25.9. The summed E-state index contributed by atoms with van der Waals surface area (Å²) in [6.07, 6.45) is -4.65. The van der Waals surface area contributed by atoms with E-state index in [-0.39, 0.29) is 40.4 Å². The van der Waals surface area contributed by atoms with Crippen LogP contribution in [0.5, 0.6) is 11.5 Å². The summed E-state index contributed by atoms with van der Waals surface area (Å²) in [6.45, 7) is 7.12. The van der Waals surface area contributed by atoms with Crippen molar-refractivity contribution in [3.63, 3.8) is 0 Å². The van der Waals surface area contributed by atoms with E-state index in [4.69, 9.17) is 28.2 Å². The van der Waals surface area contributed by atoms with E-state index in [1.54, 1.807) is 27.7 Å². The van der Waals surface area contributed by atoms with Crippen LogP contribution in [0.15, 0.2) is 26.5 Å². The van der Waals surface area contributed by atoms with E-state index < -0.39 is 35.8 Å². The van der Waals surface area contributed by atoms with Gasteiger partial charge in [-0.2, -0.15) is 0 Å².